The van der Waals surface area contributed by atoms with Gasteiger partial charge in [0.25, 0.3) is 0 Å². The van der Waals surface area contributed by atoms with Gasteiger partial charge in [-0.15, -0.1) is 0 Å². The molecule has 1 saturated heterocycles. The van der Waals surface area contributed by atoms with Crippen molar-refractivity contribution >= 4 is 5.91 Å². The lowest BCUT2D eigenvalue weighted by atomic mass is 10.1. The lowest BCUT2D eigenvalue weighted by Gasteiger charge is -2.32. The third kappa shape index (κ3) is 3.35. The SMILES string of the molecule is [CH2]N1CCN(C(=O)CC(C)C)CC1. The first-order valence-electron chi connectivity index (χ1n) is 4.93. The summed E-state index contributed by atoms with van der Waals surface area (Å²) in [6.07, 6.45) is 0.678. The van der Waals surface area contributed by atoms with Gasteiger partial charge in [-0.25, -0.2) is 0 Å². The van der Waals surface area contributed by atoms with E-state index in [1.54, 1.807) is 0 Å². The average molecular weight is 183 g/mol. The highest BCUT2D eigenvalue weighted by Crippen LogP contribution is 2.07. The Kier molecular flexibility index (Phi) is 3.72. The monoisotopic (exact) mass is 183 g/mol. The normalized spacial score (nSPS) is 19.5. The van der Waals surface area contributed by atoms with Gasteiger partial charge in [0.05, 0.1) is 0 Å². The molecule has 0 saturated carbocycles. The zero-order valence-electron chi connectivity index (χ0n) is 8.62. The minimum atomic E-state index is 0.295. The molecule has 0 N–H and O–H groups in total. The van der Waals surface area contributed by atoms with E-state index < -0.39 is 0 Å². The topological polar surface area (TPSA) is 23.6 Å². The predicted molar refractivity (Wildman–Crippen MR) is 53.0 cm³/mol. The zero-order valence-corrected chi connectivity index (χ0v) is 8.62. The van der Waals surface area contributed by atoms with Gasteiger partial charge in [-0.05, 0) is 5.92 Å². The summed E-state index contributed by atoms with van der Waals surface area (Å²) in [7, 11) is 3.85. The number of amides is 1. The predicted octanol–water partition coefficient (Wildman–Crippen LogP) is 0.968. The molecule has 0 unspecified atom stereocenters. The van der Waals surface area contributed by atoms with E-state index in [0.717, 1.165) is 26.2 Å². The Labute approximate surface area is 80.7 Å². The highest BCUT2D eigenvalue weighted by molar-refractivity contribution is 5.76. The van der Waals surface area contributed by atoms with E-state index in [0.29, 0.717) is 18.2 Å². The Balaban J connectivity index is 2.31. The van der Waals surface area contributed by atoms with Crippen LogP contribution in [0.25, 0.3) is 0 Å². The number of rotatable bonds is 2. The highest BCUT2D eigenvalue weighted by Gasteiger charge is 2.19. The van der Waals surface area contributed by atoms with Gasteiger partial charge in [-0.1, -0.05) is 13.8 Å². The summed E-state index contributed by atoms with van der Waals surface area (Å²) in [5.74, 6) is 0.758. The molecule has 3 heteroatoms. The van der Waals surface area contributed by atoms with Crippen LogP contribution in [0, 0.1) is 13.0 Å². The minimum Gasteiger partial charge on any atom is -0.340 e. The van der Waals surface area contributed by atoms with Crippen molar-refractivity contribution in [2.75, 3.05) is 26.2 Å². The van der Waals surface area contributed by atoms with Crippen molar-refractivity contribution in [1.82, 2.24) is 9.80 Å². The quantitative estimate of drug-likeness (QED) is 0.637. The summed E-state index contributed by atoms with van der Waals surface area (Å²) in [4.78, 5) is 15.6. The molecule has 75 valence electrons. The Morgan fingerprint density at radius 3 is 2.31 bits per heavy atom. The molecule has 0 aliphatic carbocycles. The first-order chi connectivity index (χ1) is 6.09. The molecule has 0 bridgehead atoms. The summed E-state index contributed by atoms with van der Waals surface area (Å²) in [6.45, 7) is 7.66. The van der Waals surface area contributed by atoms with Crippen LogP contribution in [0.4, 0.5) is 0 Å². The van der Waals surface area contributed by atoms with Gasteiger partial charge in [0.2, 0.25) is 5.91 Å². The van der Waals surface area contributed by atoms with Crippen molar-refractivity contribution in [1.29, 1.82) is 0 Å². The van der Waals surface area contributed by atoms with Crippen LogP contribution in [0.2, 0.25) is 0 Å². The first kappa shape index (κ1) is 10.5. The number of nitrogens with zero attached hydrogens (tertiary/aromatic N) is 2. The average Bonchev–Trinajstić information content (AvgIpc) is 2.04. The van der Waals surface area contributed by atoms with Crippen LogP contribution in [0.3, 0.4) is 0 Å². The third-order valence-corrected chi connectivity index (χ3v) is 2.31. The Hall–Kier alpha value is -0.570. The maximum absolute atomic E-state index is 11.6. The largest absolute Gasteiger partial charge is 0.340 e. The van der Waals surface area contributed by atoms with Gasteiger partial charge in [0.15, 0.2) is 0 Å². The van der Waals surface area contributed by atoms with E-state index in [4.69, 9.17) is 0 Å². The standard InChI is InChI=1S/C10H19N2O/c1-9(2)8-10(13)12-6-4-11(3)5-7-12/h9H,3-8H2,1-2H3. The molecule has 1 radical (unpaired) electrons. The second-order valence-electron chi connectivity index (χ2n) is 4.10. The van der Waals surface area contributed by atoms with E-state index >= 15 is 0 Å². The van der Waals surface area contributed by atoms with Crippen molar-refractivity contribution < 1.29 is 4.79 Å². The summed E-state index contributed by atoms with van der Waals surface area (Å²) < 4.78 is 0. The van der Waals surface area contributed by atoms with Crippen molar-refractivity contribution in [2.24, 2.45) is 5.92 Å². The molecule has 0 aromatic rings. The molecule has 0 spiro atoms. The van der Waals surface area contributed by atoms with Crippen LogP contribution < -0.4 is 0 Å². The van der Waals surface area contributed by atoms with E-state index in [-0.39, 0.29) is 0 Å². The van der Waals surface area contributed by atoms with Gasteiger partial charge in [-0.3, -0.25) is 9.69 Å². The summed E-state index contributed by atoms with van der Waals surface area (Å²) in [5.41, 5.74) is 0. The van der Waals surface area contributed by atoms with Crippen LogP contribution in [0.1, 0.15) is 20.3 Å². The van der Waals surface area contributed by atoms with Gasteiger partial charge >= 0.3 is 0 Å². The smallest absolute Gasteiger partial charge is 0.222 e. The molecule has 1 aliphatic heterocycles. The van der Waals surface area contributed by atoms with E-state index in [9.17, 15) is 4.79 Å². The zero-order chi connectivity index (χ0) is 9.84. The second kappa shape index (κ2) is 4.61. The molecular formula is C10H19N2O. The molecule has 0 atom stereocenters. The highest BCUT2D eigenvalue weighted by atomic mass is 16.2. The maximum Gasteiger partial charge on any atom is 0.222 e. The number of hydrogen-bond acceptors (Lipinski definition) is 2. The number of piperazine rings is 1. The molecule has 3 nitrogen and oxygen atoms in total. The number of hydrogen-bond donors (Lipinski definition) is 0. The van der Waals surface area contributed by atoms with Crippen molar-refractivity contribution in [2.45, 2.75) is 20.3 Å². The third-order valence-electron chi connectivity index (χ3n) is 2.31. The lowest BCUT2D eigenvalue weighted by molar-refractivity contribution is -0.133. The molecule has 1 rings (SSSR count). The van der Waals surface area contributed by atoms with Crippen molar-refractivity contribution in [3.8, 4) is 0 Å². The fourth-order valence-corrected chi connectivity index (χ4v) is 1.48. The van der Waals surface area contributed by atoms with Crippen LogP contribution in [-0.4, -0.2) is 41.9 Å². The molecule has 1 aliphatic rings. The van der Waals surface area contributed by atoms with E-state index in [1.165, 1.54) is 0 Å². The Morgan fingerprint density at radius 1 is 1.31 bits per heavy atom. The van der Waals surface area contributed by atoms with Crippen LogP contribution in [0.15, 0.2) is 0 Å². The fourth-order valence-electron chi connectivity index (χ4n) is 1.48. The van der Waals surface area contributed by atoms with Crippen LogP contribution in [0.5, 0.6) is 0 Å². The van der Waals surface area contributed by atoms with Crippen molar-refractivity contribution in [3.63, 3.8) is 0 Å². The summed E-state index contributed by atoms with van der Waals surface area (Å²) >= 11 is 0. The Bertz CT molecular complexity index is 172. The van der Waals surface area contributed by atoms with E-state index in [1.807, 2.05) is 9.80 Å². The lowest BCUT2D eigenvalue weighted by Crippen LogP contribution is -2.46. The minimum absolute atomic E-state index is 0.295. The van der Waals surface area contributed by atoms with Crippen LogP contribution >= 0.6 is 0 Å². The Morgan fingerprint density at radius 2 is 1.85 bits per heavy atom. The molecule has 1 amide bonds. The fraction of sp³-hybridized carbons (Fsp3) is 0.800. The van der Waals surface area contributed by atoms with Gasteiger partial charge in [0, 0.05) is 39.6 Å². The molecular weight excluding hydrogens is 164 g/mol. The van der Waals surface area contributed by atoms with Crippen molar-refractivity contribution in [3.05, 3.63) is 7.05 Å². The number of carbonyl (C=O) groups is 1. The molecule has 13 heavy (non-hydrogen) atoms. The maximum atomic E-state index is 11.6. The van der Waals surface area contributed by atoms with Crippen LogP contribution in [-0.2, 0) is 4.79 Å². The summed E-state index contributed by atoms with van der Waals surface area (Å²) in [6, 6.07) is 0. The van der Waals surface area contributed by atoms with Gasteiger partial charge in [0.1, 0.15) is 0 Å². The van der Waals surface area contributed by atoms with Gasteiger partial charge in [-0.2, -0.15) is 0 Å². The molecule has 0 aromatic carbocycles. The first-order valence-corrected chi connectivity index (χ1v) is 4.93. The van der Waals surface area contributed by atoms with E-state index in [2.05, 4.69) is 20.9 Å². The molecule has 1 fully saturated rings. The molecule has 1 heterocycles. The van der Waals surface area contributed by atoms with Gasteiger partial charge < -0.3 is 4.90 Å². The summed E-state index contributed by atoms with van der Waals surface area (Å²) in [5, 5.41) is 0. The molecule has 0 aromatic heterocycles. The number of carbonyl (C=O) groups excluding carboxylic acids is 1. The second-order valence-corrected chi connectivity index (χ2v) is 4.10.